The average molecular weight is 382 g/mol. The molecule has 1 heterocycles. The van der Waals surface area contributed by atoms with E-state index in [1.54, 1.807) is 11.0 Å². The summed E-state index contributed by atoms with van der Waals surface area (Å²) in [7, 11) is 0. The monoisotopic (exact) mass is 381 g/mol. The van der Waals surface area contributed by atoms with Crippen molar-refractivity contribution in [1.82, 2.24) is 4.90 Å². The Morgan fingerprint density at radius 3 is 2.73 bits per heavy atom. The van der Waals surface area contributed by atoms with E-state index in [4.69, 9.17) is 17.0 Å². The highest BCUT2D eigenvalue weighted by Gasteiger charge is 2.31. The number of hydrogen-bond acceptors (Lipinski definition) is 4. The zero-order chi connectivity index (χ0) is 18.4. The zero-order valence-corrected chi connectivity index (χ0v) is 15.9. The molecule has 0 atom stereocenters. The number of amides is 1. The van der Waals surface area contributed by atoms with Gasteiger partial charge in [0.05, 0.1) is 4.91 Å². The molecule has 1 saturated heterocycles. The molecular formula is C21H19NO2S2. The maximum Gasteiger partial charge on any atom is 0.266 e. The Labute approximate surface area is 163 Å². The zero-order valence-electron chi connectivity index (χ0n) is 14.3. The lowest BCUT2D eigenvalue weighted by Crippen LogP contribution is -2.30. The molecule has 0 saturated carbocycles. The van der Waals surface area contributed by atoms with Gasteiger partial charge in [0.1, 0.15) is 16.7 Å². The molecule has 0 aromatic heterocycles. The molecule has 132 valence electrons. The highest BCUT2D eigenvalue weighted by atomic mass is 32.2. The van der Waals surface area contributed by atoms with Crippen LogP contribution >= 0.6 is 24.0 Å². The molecular weight excluding hydrogens is 362 g/mol. The minimum atomic E-state index is -0.0339. The van der Waals surface area contributed by atoms with Crippen LogP contribution < -0.4 is 4.74 Å². The molecule has 0 N–H and O–H groups in total. The normalized spacial score (nSPS) is 15.5. The van der Waals surface area contributed by atoms with Crippen LogP contribution in [-0.2, 0) is 11.2 Å². The number of thioether (sulfide) groups is 1. The fourth-order valence-corrected chi connectivity index (χ4v) is 3.89. The van der Waals surface area contributed by atoms with Crippen molar-refractivity contribution in [3.05, 3.63) is 83.3 Å². The Balaban J connectivity index is 1.69. The lowest BCUT2D eigenvalue weighted by atomic mass is 10.1. The number of carbonyl (C=O) groups excluding carboxylic acids is 1. The van der Waals surface area contributed by atoms with E-state index in [-0.39, 0.29) is 5.91 Å². The van der Waals surface area contributed by atoms with E-state index in [0.29, 0.717) is 22.4 Å². The number of benzene rings is 2. The van der Waals surface area contributed by atoms with Crippen LogP contribution in [0.5, 0.6) is 5.75 Å². The number of ether oxygens (including phenoxy) is 1. The summed E-state index contributed by atoms with van der Waals surface area (Å²) >= 11 is 6.75. The summed E-state index contributed by atoms with van der Waals surface area (Å²) in [6.07, 6.45) is 4.35. The predicted molar refractivity (Wildman–Crippen MR) is 112 cm³/mol. The Hall–Kier alpha value is -2.37. The lowest BCUT2D eigenvalue weighted by Gasteiger charge is -2.14. The van der Waals surface area contributed by atoms with Crippen molar-refractivity contribution in [1.29, 1.82) is 0 Å². The Morgan fingerprint density at radius 1 is 1.15 bits per heavy atom. The number of rotatable bonds is 7. The first-order valence-corrected chi connectivity index (χ1v) is 9.53. The second-order valence-electron chi connectivity index (χ2n) is 5.74. The van der Waals surface area contributed by atoms with Gasteiger partial charge in [0.15, 0.2) is 0 Å². The molecule has 0 aliphatic carbocycles. The molecule has 1 aliphatic rings. The van der Waals surface area contributed by atoms with Gasteiger partial charge < -0.3 is 4.74 Å². The second-order valence-corrected chi connectivity index (χ2v) is 7.42. The van der Waals surface area contributed by atoms with Crippen molar-refractivity contribution in [3.63, 3.8) is 0 Å². The second kappa shape index (κ2) is 8.83. The first-order chi connectivity index (χ1) is 12.7. The first-order valence-electron chi connectivity index (χ1n) is 8.30. The highest BCUT2D eigenvalue weighted by Crippen LogP contribution is 2.33. The third-order valence-electron chi connectivity index (χ3n) is 3.86. The first kappa shape index (κ1) is 18.4. The van der Waals surface area contributed by atoms with Gasteiger partial charge in [-0.25, -0.2) is 0 Å². The lowest BCUT2D eigenvalue weighted by molar-refractivity contribution is -0.122. The van der Waals surface area contributed by atoms with Gasteiger partial charge in [-0.15, -0.1) is 0 Å². The molecule has 2 aromatic rings. The van der Waals surface area contributed by atoms with Crippen molar-refractivity contribution < 1.29 is 9.53 Å². The van der Waals surface area contributed by atoms with E-state index < -0.39 is 0 Å². The SMILES string of the molecule is C=CCOc1cccc(/C=C2/SC(=S)N(CCc3ccccc3)C2=O)c1. The largest absolute Gasteiger partial charge is 0.490 e. The van der Waals surface area contributed by atoms with Gasteiger partial charge >= 0.3 is 0 Å². The van der Waals surface area contributed by atoms with Gasteiger partial charge in [0.25, 0.3) is 5.91 Å². The average Bonchev–Trinajstić information content (AvgIpc) is 2.92. The van der Waals surface area contributed by atoms with Crippen LogP contribution in [0.4, 0.5) is 0 Å². The van der Waals surface area contributed by atoms with E-state index >= 15 is 0 Å². The molecule has 3 nitrogen and oxygen atoms in total. The van der Waals surface area contributed by atoms with Gasteiger partial charge in [-0.05, 0) is 35.8 Å². The third-order valence-corrected chi connectivity index (χ3v) is 5.24. The molecule has 0 spiro atoms. The molecule has 1 fully saturated rings. The van der Waals surface area contributed by atoms with E-state index in [2.05, 4.69) is 18.7 Å². The van der Waals surface area contributed by atoms with Crippen molar-refractivity contribution in [2.75, 3.05) is 13.2 Å². The molecule has 1 amide bonds. The maximum atomic E-state index is 12.7. The minimum absolute atomic E-state index is 0.0339. The van der Waals surface area contributed by atoms with Crippen LogP contribution in [0.1, 0.15) is 11.1 Å². The molecule has 5 heteroatoms. The Kier molecular flexibility index (Phi) is 6.26. The van der Waals surface area contributed by atoms with E-state index in [0.717, 1.165) is 17.7 Å². The molecule has 0 bridgehead atoms. The smallest absolute Gasteiger partial charge is 0.266 e. The van der Waals surface area contributed by atoms with Crippen LogP contribution in [-0.4, -0.2) is 28.3 Å². The van der Waals surface area contributed by atoms with Gasteiger partial charge in [-0.1, -0.05) is 79.1 Å². The molecule has 0 unspecified atom stereocenters. The van der Waals surface area contributed by atoms with E-state index in [9.17, 15) is 4.79 Å². The molecule has 0 radical (unpaired) electrons. The van der Waals surface area contributed by atoms with Crippen molar-refractivity contribution >= 4 is 40.3 Å². The van der Waals surface area contributed by atoms with Gasteiger partial charge in [-0.2, -0.15) is 0 Å². The van der Waals surface area contributed by atoms with Gasteiger partial charge in [-0.3, -0.25) is 9.69 Å². The van der Waals surface area contributed by atoms with Crippen LogP contribution in [0.2, 0.25) is 0 Å². The Bertz CT molecular complexity index is 846. The van der Waals surface area contributed by atoms with E-state index in [1.807, 2.05) is 48.5 Å². The quantitative estimate of drug-likeness (QED) is 0.395. The number of nitrogens with zero attached hydrogens (tertiary/aromatic N) is 1. The maximum absolute atomic E-state index is 12.7. The summed E-state index contributed by atoms with van der Waals surface area (Å²) in [5.74, 6) is 0.714. The standard InChI is InChI=1S/C21H19NO2S2/c1-2-13-24-18-10-6-9-17(14-18)15-19-20(23)22(21(25)26-19)12-11-16-7-4-3-5-8-16/h2-10,14-15H,1,11-13H2/b19-15+. The van der Waals surface area contributed by atoms with Gasteiger partial charge in [0.2, 0.25) is 0 Å². The summed E-state index contributed by atoms with van der Waals surface area (Å²) in [6.45, 7) is 4.68. The molecule has 3 rings (SSSR count). The third kappa shape index (κ3) is 4.62. The number of hydrogen-bond donors (Lipinski definition) is 0. The summed E-state index contributed by atoms with van der Waals surface area (Å²) in [6, 6.07) is 17.7. The van der Waals surface area contributed by atoms with Crippen LogP contribution in [0, 0.1) is 0 Å². The van der Waals surface area contributed by atoms with Crippen LogP contribution in [0.15, 0.2) is 72.2 Å². The Morgan fingerprint density at radius 2 is 1.96 bits per heavy atom. The van der Waals surface area contributed by atoms with Crippen molar-refractivity contribution in [2.24, 2.45) is 0 Å². The van der Waals surface area contributed by atoms with Crippen LogP contribution in [0.25, 0.3) is 6.08 Å². The fraction of sp³-hybridized carbons (Fsp3) is 0.143. The summed E-state index contributed by atoms with van der Waals surface area (Å²) in [5, 5.41) is 0. The van der Waals surface area contributed by atoms with Crippen LogP contribution in [0.3, 0.4) is 0 Å². The predicted octanol–water partition coefficient (Wildman–Crippen LogP) is 4.70. The summed E-state index contributed by atoms with van der Waals surface area (Å²) in [5.41, 5.74) is 2.10. The molecule has 1 aliphatic heterocycles. The number of thiocarbonyl (C=S) groups is 1. The van der Waals surface area contributed by atoms with E-state index in [1.165, 1.54) is 17.3 Å². The van der Waals surface area contributed by atoms with Crippen molar-refractivity contribution in [2.45, 2.75) is 6.42 Å². The molecule has 26 heavy (non-hydrogen) atoms. The fourth-order valence-electron chi connectivity index (χ4n) is 2.58. The van der Waals surface area contributed by atoms with Gasteiger partial charge in [0, 0.05) is 6.54 Å². The topological polar surface area (TPSA) is 29.5 Å². The highest BCUT2D eigenvalue weighted by molar-refractivity contribution is 8.26. The molecule has 2 aromatic carbocycles. The summed E-state index contributed by atoms with van der Waals surface area (Å²) in [4.78, 5) is 15.0. The minimum Gasteiger partial charge on any atom is -0.490 e. The summed E-state index contributed by atoms with van der Waals surface area (Å²) < 4.78 is 6.15. The number of carbonyl (C=O) groups is 1. The van der Waals surface area contributed by atoms with Crippen molar-refractivity contribution in [3.8, 4) is 5.75 Å².